The Morgan fingerprint density at radius 1 is 0.725 bits per heavy atom. The molecule has 18 heteroatoms. The van der Waals surface area contributed by atoms with Gasteiger partial charge in [0.15, 0.2) is 10.3 Å². The van der Waals surface area contributed by atoms with Crippen LogP contribution in [0.4, 0.5) is 33.0 Å². The second-order valence-electron chi connectivity index (χ2n) is 9.76. The molecule has 0 saturated heterocycles. The highest BCUT2D eigenvalue weighted by Crippen LogP contribution is 2.30. The monoisotopic (exact) mass is 826 g/mol. The third-order valence-corrected chi connectivity index (χ3v) is 10.0. The Labute approximate surface area is 320 Å². The number of nitrogens with zero attached hydrogens (tertiary/aromatic N) is 4. The molecule has 51 heavy (non-hydrogen) atoms. The molecule has 0 saturated carbocycles. The minimum Gasteiger partial charge on any atom is -0.423 e. The molecule has 0 bridgehead atoms. The van der Waals surface area contributed by atoms with Gasteiger partial charge in [-0.2, -0.15) is 0 Å². The predicted octanol–water partition coefficient (Wildman–Crippen LogP) is 9.47. The van der Waals surface area contributed by atoms with Crippen LogP contribution in [0.3, 0.4) is 0 Å². The summed E-state index contributed by atoms with van der Waals surface area (Å²) >= 11 is 9.79. The first-order valence-electron chi connectivity index (χ1n) is 14.3. The largest absolute Gasteiger partial charge is 0.488 e. The maximum Gasteiger partial charge on any atom is 0.488 e. The second kappa shape index (κ2) is 20.5. The van der Waals surface area contributed by atoms with E-state index < -0.39 is 17.0 Å². The van der Waals surface area contributed by atoms with E-state index in [1.807, 2.05) is 53.4 Å². The van der Waals surface area contributed by atoms with Gasteiger partial charge in [0.25, 0.3) is 11.4 Å². The SMILES string of the molecule is C.CSc1cccc(Nc2nc(-c3cccc([N+](=O)[O-])c3)cs2)c1.CSc1cccc(Nc2nc(Br)cs2)c1.O=[N+]([O-])c1cccc(B(O)O)c1. The average Bonchev–Trinajstić information content (AvgIpc) is 3.77. The van der Waals surface area contributed by atoms with E-state index in [9.17, 15) is 20.2 Å². The highest BCUT2D eigenvalue weighted by molar-refractivity contribution is 9.10. The Kier molecular flexibility index (Phi) is 16.6. The summed E-state index contributed by atoms with van der Waals surface area (Å²) in [4.78, 5) is 31.3. The fourth-order valence-corrected chi connectivity index (χ4v) is 6.82. The van der Waals surface area contributed by atoms with Crippen molar-refractivity contribution in [3.63, 3.8) is 0 Å². The van der Waals surface area contributed by atoms with Gasteiger partial charge < -0.3 is 20.7 Å². The van der Waals surface area contributed by atoms with E-state index in [0.717, 1.165) is 43.6 Å². The molecule has 6 rings (SSSR count). The lowest BCUT2D eigenvalue weighted by Gasteiger charge is -2.04. The average molecular weight is 828 g/mol. The van der Waals surface area contributed by atoms with E-state index in [2.05, 4.69) is 61.0 Å². The summed E-state index contributed by atoms with van der Waals surface area (Å²) in [5.41, 5.74) is 3.53. The smallest absolute Gasteiger partial charge is 0.423 e. The number of non-ortho nitro benzene ring substituents is 2. The van der Waals surface area contributed by atoms with Gasteiger partial charge in [-0.3, -0.25) is 20.2 Å². The summed E-state index contributed by atoms with van der Waals surface area (Å²) in [5, 5.41) is 50.4. The number of thioether (sulfide) groups is 2. The van der Waals surface area contributed by atoms with E-state index in [0.29, 0.717) is 0 Å². The number of aromatic nitrogens is 2. The van der Waals surface area contributed by atoms with Crippen LogP contribution in [0.1, 0.15) is 7.43 Å². The fraction of sp³-hybridized carbons (Fsp3) is 0.0909. The number of rotatable bonds is 10. The molecule has 0 aliphatic heterocycles. The Morgan fingerprint density at radius 3 is 1.75 bits per heavy atom. The molecule has 6 aromatic rings. The number of nitrogens with one attached hydrogen (secondary N) is 2. The zero-order valence-electron chi connectivity index (χ0n) is 26.3. The van der Waals surface area contributed by atoms with Crippen LogP contribution in [0.5, 0.6) is 0 Å². The maximum atomic E-state index is 10.9. The minimum absolute atomic E-state index is 0. The highest BCUT2D eigenvalue weighted by atomic mass is 79.9. The molecule has 12 nitrogen and oxygen atoms in total. The van der Waals surface area contributed by atoms with Gasteiger partial charge in [-0.1, -0.05) is 43.8 Å². The molecular weight excluding hydrogens is 795 g/mol. The van der Waals surface area contributed by atoms with Crippen molar-refractivity contribution in [1.29, 1.82) is 0 Å². The third kappa shape index (κ3) is 13.1. The molecule has 0 spiro atoms. The summed E-state index contributed by atoms with van der Waals surface area (Å²) in [6, 6.07) is 28.0. The van der Waals surface area contributed by atoms with Crippen molar-refractivity contribution in [1.82, 2.24) is 9.97 Å². The van der Waals surface area contributed by atoms with Crippen LogP contribution in [0.2, 0.25) is 0 Å². The van der Waals surface area contributed by atoms with Crippen LogP contribution in [0.25, 0.3) is 11.3 Å². The number of anilines is 4. The van der Waals surface area contributed by atoms with Crippen molar-refractivity contribution in [3.8, 4) is 11.3 Å². The van der Waals surface area contributed by atoms with Gasteiger partial charge in [-0.05, 0) is 70.3 Å². The number of thiazole rings is 2. The Hall–Kier alpha value is -4.30. The third-order valence-electron chi connectivity index (χ3n) is 6.35. The van der Waals surface area contributed by atoms with Crippen molar-refractivity contribution in [2.75, 3.05) is 23.1 Å². The molecule has 0 fully saturated rings. The zero-order chi connectivity index (χ0) is 36.0. The molecule has 4 N–H and O–H groups in total. The summed E-state index contributed by atoms with van der Waals surface area (Å²) in [6.07, 6.45) is 4.10. The van der Waals surface area contributed by atoms with Crippen LogP contribution in [0, 0.1) is 20.2 Å². The normalized spacial score (nSPS) is 9.98. The number of hydrogen-bond acceptors (Lipinski definition) is 14. The van der Waals surface area contributed by atoms with Crippen molar-refractivity contribution in [2.24, 2.45) is 0 Å². The van der Waals surface area contributed by atoms with Gasteiger partial charge in [0.1, 0.15) is 4.60 Å². The molecule has 0 aliphatic carbocycles. The highest BCUT2D eigenvalue weighted by Gasteiger charge is 2.14. The summed E-state index contributed by atoms with van der Waals surface area (Å²) in [6.45, 7) is 0. The quantitative estimate of drug-likeness (QED) is 0.0446. The molecule has 0 radical (unpaired) electrons. The second-order valence-corrected chi connectivity index (χ2v) is 14.0. The molecule has 264 valence electrons. The molecule has 2 aromatic heterocycles. The van der Waals surface area contributed by atoms with Gasteiger partial charge in [-0.15, -0.1) is 46.2 Å². The number of benzene rings is 4. The Morgan fingerprint density at radius 2 is 1.24 bits per heavy atom. The van der Waals surface area contributed by atoms with Crippen molar-refractivity contribution in [2.45, 2.75) is 17.2 Å². The zero-order valence-corrected chi connectivity index (χ0v) is 31.1. The Balaban J connectivity index is 0.000000218. The van der Waals surface area contributed by atoms with E-state index in [-0.39, 0.29) is 24.3 Å². The Bertz CT molecular complexity index is 2050. The standard InChI is InChI=1S/C16H13N3O2S2.C10H9BrN2S2.C6H6BNO4.CH4/c1-22-14-7-3-5-12(9-14)17-16-18-15(10-23-16)11-4-2-6-13(8-11)19(20)21;1-14-8-4-2-3-7(5-8)12-10-13-9(11)6-15-10;9-7(10)5-2-1-3-6(4-5)8(11)12;/h2-10H,1H3,(H,17,18);2-6H,1H3,(H,12,13);1-4,9-10H;1H4. The first-order chi connectivity index (χ1) is 24.0. The molecule has 0 amide bonds. The van der Waals surface area contributed by atoms with Crippen molar-refractivity contribution < 1.29 is 19.9 Å². The molecular formula is C33H32BBrN6O6S4. The summed E-state index contributed by atoms with van der Waals surface area (Å²) in [5.74, 6) is 0. The molecule has 0 atom stereocenters. The molecule has 0 aliphatic rings. The van der Waals surface area contributed by atoms with Crippen LogP contribution in [0.15, 0.2) is 122 Å². The van der Waals surface area contributed by atoms with E-state index in [4.69, 9.17) is 10.0 Å². The maximum absolute atomic E-state index is 10.9. The van der Waals surface area contributed by atoms with Crippen LogP contribution < -0.4 is 16.1 Å². The number of halogens is 1. The van der Waals surface area contributed by atoms with Gasteiger partial charge in [0, 0.05) is 61.8 Å². The minimum atomic E-state index is -1.66. The lowest BCUT2D eigenvalue weighted by atomic mass is 9.80. The lowest BCUT2D eigenvalue weighted by Crippen LogP contribution is -2.29. The number of nitro benzene ring substituents is 2. The van der Waals surface area contributed by atoms with Gasteiger partial charge in [0.2, 0.25) is 0 Å². The topological polar surface area (TPSA) is 177 Å². The fourth-order valence-electron chi connectivity index (χ4n) is 4.00. The van der Waals surface area contributed by atoms with Gasteiger partial charge in [-0.25, -0.2) is 9.97 Å². The lowest BCUT2D eigenvalue weighted by molar-refractivity contribution is -0.385. The summed E-state index contributed by atoms with van der Waals surface area (Å²) < 4.78 is 0.871. The van der Waals surface area contributed by atoms with Crippen LogP contribution >= 0.6 is 62.1 Å². The number of hydrogen-bond donors (Lipinski definition) is 4. The van der Waals surface area contributed by atoms with Gasteiger partial charge in [0.05, 0.1) is 15.5 Å². The van der Waals surface area contributed by atoms with Gasteiger partial charge >= 0.3 is 7.12 Å². The van der Waals surface area contributed by atoms with E-state index >= 15 is 0 Å². The molecule has 2 heterocycles. The van der Waals surface area contributed by atoms with E-state index in [1.165, 1.54) is 51.5 Å². The first kappa shape index (κ1) is 41.1. The molecule has 4 aromatic carbocycles. The van der Waals surface area contributed by atoms with Crippen LogP contribution in [-0.2, 0) is 0 Å². The van der Waals surface area contributed by atoms with Crippen LogP contribution in [-0.4, -0.2) is 49.5 Å². The van der Waals surface area contributed by atoms with Crippen molar-refractivity contribution >= 4 is 108 Å². The molecule has 0 unspecified atom stereocenters. The van der Waals surface area contributed by atoms with E-state index in [1.54, 1.807) is 40.9 Å². The summed E-state index contributed by atoms with van der Waals surface area (Å²) in [7, 11) is -1.66. The predicted molar refractivity (Wildman–Crippen MR) is 217 cm³/mol. The van der Waals surface area contributed by atoms with Crippen molar-refractivity contribution in [3.05, 3.63) is 133 Å². The number of nitro groups is 2. The first-order valence-corrected chi connectivity index (χ1v) is 19.3.